The Bertz CT molecular complexity index is 242. The highest BCUT2D eigenvalue weighted by atomic mass is 16.4. The SMILES string of the molecule is C=CCN(CCC[C@H](N)C(=O)O)C(=N)N. The van der Waals surface area contributed by atoms with Crippen LogP contribution in [-0.2, 0) is 4.79 Å². The Balaban J connectivity index is 3.85. The van der Waals surface area contributed by atoms with E-state index >= 15 is 0 Å². The zero-order valence-electron chi connectivity index (χ0n) is 8.65. The molecule has 6 nitrogen and oxygen atoms in total. The Hall–Kier alpha value is -1.56. The Morgan fingerprint density at radius 2 is 2.27 bits per heavy atom. The van der Waals surface area contributed by atoms with Gasteiger partial charge in [0.15, 0.2) is 5.96 Å². The molecule has 86 valence electrons. The first-order valence-electron chi connectivity index (χ1n) is 4.67. The molecule has 6 heteroatoms. The fourth-order valence-electron chi connectivity index (χ4n) is 1.09. The van der Waals surface area contributed by atoms with Crippen molar-refractivity contribution in [1.29, 1.82) is 5.41 Å². The molecule has 0 fully saturated rings. The van der Waals surface area contributed by atoms with E-state index in [2.05, 4.69) is 6.58 Å². The van der Waals surface area contributed by atoms with E-state index in [0.29, 0.717) is 25.9 Å². The minimum absolute atomic E-state index is 0.0428. The van der Waals surface area contributed by atoms with Crippen LogP contribution >= 0.6 is 0 Å². The van der Waals surface area contributed by atoms with E-state index in [4.69, 9.17) is 22.0 Å². The van der Waals surface area contributed by atoms with Crippen LogP contribution in [0.1, 0.15) is 12.8 Å². The molecule has 6 N–H and O–H groups in total. The third-order valence-electron chi connectivity index (χ3n) is 1.95. The number of carboxylic acids is 1. The average molecular weight is 214 g/mol. The molecule has 0 aliphatic heterocycles. The van der Waals surface area contributed by atoms with Crippen molar-refractivity contribution in [3.8, 4) is 0 Å². The maximum atomic E-state index is 10.4. The average Bonchev–Trinajstić information content (AvgIpc) is 2.15. The number of aliphatic carboxylic acids is 1. The minimum Gasteiger partial charge on any atom is -0.480 e. The van der Waals surface area contributed by atoms with Crippen LogP contribution in [0.2, 0.25) is 0 Å². The lowest BCUT2D eigenvalue weighted by molar-refractivity contribution is -0.138. The summed E-state index contributed by atoms with van der Waals surface area (Å²) in [6.45, 7) is 4.54. The fourth-order valence-corrected chi connectivity index (χ4v) is 1.09. The lowest BCUT2D eigenvalue weighted by atomic mass is 10.1. The lowest BCUT2D eigenvalue weighted by Gasteiger charge is -2.20. The highest BCUT2D eigenvalue weighted by Gasteiger charge is 2.11. The van der Waals surface area contributed by atoms with E-state index in [-0.39, 0.29) is 5.96 Å². The molecule has 0 radical (unpaired) electrons. The Morgan fingerprint density at radius 1 is 1.67 bits per heavy atom. The summed E-state index contributed by atoms with van der Waals surface area (Å²) in [7, 11) is 0. The van der Waals surface area contributed by atoms with Gasteiger partial charge in [-0.1, -0.05) is 6.08 Å². The van der Waals surface area contributed by atoms with Crippen molar-refractivity contribution in [3.63, 3.8) is 0 Å². The second-order valence-electron chi connectivity index (χ2n) is 3.21. The molecular weight excluding hydrogens is 196 g/mol. The third-order valence-corrected chi connectivity index (χ3v) is 1.95. The molecule has 0 unspecified atom stereocenters. The molecule has 0 bridgehead atoms. The quantitative estimate of drug-likeness (QED) is 0.260. The predicted molar refractivity (Wildman–Crippen MR) is 58.5 cm³/mol. The first-order chi connectivity index (χ1) is 6.99. The maximum Gasteiger partial charge on any atom is 0.320 e. The predicted octanol–water partition coefficient (Wildman–Crippen LogP) is -0.440. The summed E-state index contributed by atoms with van der Waals surface area (Å²) in [5, 5.41) is 15.8. The fraction of sp³-hybridized carbons (Fsp3) is 0.556. The summed E-state index contributed by atoms with van der Waals surface area (Å²) in [5.41, 5.74) is 10.6. The summed E-state index contributed by atoms with van der Waals surface area (Å²) >= 11 is 0. The number of hydrogen-bond donors (Lipinski definition) is 4. The summed E-state index contributed by atoms with van der Waals surface area (Å²) in [6.07, 6.45) is 2.59. The van der Waals surface area contributed by atoms with Gasteiger partial charge in [0, 0.05) is 13.1 Å². The van der Waals surface area contributed by atoms with E-state index in [1.165, 1.54) is 0 Å². The Kier molecular flexibility index (Phi) is 6.12. The van der Waals surface area contributed by atoms with E-state index < -0.39 is 12.0 Å². The molecule has 15 heavy (non-hydrogen) atoms. The number of nitrogens with zero attached hydrogens (tertiary/aromatic N) is 1. The van der Waals surface area contributed by atoms with Crippen molar-refractivity contribution in [2.45, 2.75) is 18.9 Å². The highest BCUT2D eigenvalue weighted by Crippen LogP contribution is 1.98. The number of nitrogens with one attached hydrogen (secondary N) is 1. The smallest absolute Gasteiger partial charge is 0.320 e. The highest BCUT2D eigenvalue weighted by molar-refractivity contribution is 5.74. The number of carboxylic acid groups (broad SMARTS) is 1. The molecule has 0 rings (SSSR count). The number of guanidine groups is 1. The summed E-state index contributed by atoms with van der Waals surface area (Å²) in [4.78, 5) is 12.0. The van der Waals surface area contributed by atoms with Gasteiger partial charge < -0.3 is 21.5 Å². The minimum atomic E-state index is -1.01. The maximum absolute atomic E-state index is 10.4. The molecule has 0 aliphatic rings. The third kappa shape index (κ3) is 5.69. The molecule has 0 heterocycles. The van der Waals surface area contributed by atoms with Gasteiger partial charge in [-0.3, -0.25) is 10.2 Å². The van der Waals surface area contributed by atoms with Gasteiger partial charge in [-0.2, -0.15) is 0 Å². The standard InChI is InChI=1S/C9H18N4O2/c1-2-5-13(9(11)12)6-3-4-7(10)8(14)15/h2,7H,1,3-6,10H2,(H3,11,12)(H,14,15)/t7-/m0/s1. The Morgan fingerprint density at radius 3 is 2.67 bits per heavy atom. The van der Waals surface area contributed by atoms with Gasteiger partial charge in [0.2, 0.25) is 0 Å². The molecule has 0 aromatic rings. The van der Waals surface area contributed by atoms with Gasteiger partial charge in [0.1, 0.15) is 6.04 Å². The van der Waals surface area contributed by atoms with Crippen molar-refractivity contribution in [1.82, 2.24) is 4.90 Å². The van der Waals surface area contributed by atoms with Gasteiger partial charge in [-0.25, -0.2) is 0 Å². The molecule has 0 aliphatic carbocycles. The van der Waals surface area contributed by atoms with E-state index in [1.807, 2.05) is 0 Å². The van der Waals surface area contributed by atoms with Gasteiger partial charge in [0.25, 0.3) is 0 Å². The van der Waals surface area contributed by atoms with Crippen LogP contribution in [0.25, 0.3) is 0 Å². The van der Waals surface area contributed by atoms with Crippen LogP contribution in [0.4, 0.5) is 0 Å². The normalized spacial score (nSPS) is 11.8. The van der Waals surface area contributed by atoms with Crippen LogP contribution in [-0.4, -0.2) is 41.1 Å². The molecule has 1 atom stereocenters. The molecule has 0 spiro atoms. The second kappa shape index (κ2) is 6.83. The van der Waals surface area contributed by atoms with Crippen LogP contribution in [0.3, 0.4) is 0 Å². The molecule has 0 aromatic carbocycles. The second-order valence-corrected chi connectivity index (χ2v) is 3.21. The van der Waals surface area contributed by atoms with Gasteiger partial charge in [-0.15, -0.1) is 6.58 Å². The first-order valence-corrected chi connectivity index (χ1v) is 4.67. The van der Waals surface area contributed by atoms with Crippen molar-refractivity contribution in [2.75, 3.05) is 13.1 Å². The molecule has 0 amide bonds. The van der Waals surface area contributed by atoms with Crippen molar-refractivity contribution < 1.29 is 9.90 Å². The monoisotopic (exact) mass is 214 g/mol. The van der Waals surface area contributed by atoms with E-state index in [0.717, 1.165) is 0 Å². The molecule has 0 aromatic heterocycles. The first kappa shape index (κ1) is 13.4. The molecule has 0 saturated heterocycles. The van der Waals surface area contributed by atoms with E-state index in [9.17, 15) is 4.79 Å². The molecular formula is C9H18N4O2. The van der Waals surface area contributed by atoms with Crippen LogP contribution < -0.4 is 11.5 Å². The summed E-state index contributed by atoms with van der Waals surface area (Å²) in [6, 6.07) is -0.845. The topological polar surface area (TPSA) is 116 Å². The summed E-state index contributed by atoms with van der Waals surface area (Å²) in [5.74, 6) is -1.05. The van der Waals surface area contributed by atoms with Crippen LogP contribution in [0.5, 0.6) is 0 Å². The molecule has 0 saturated carbocycles. The van der Waals surface area contributed by atoms with Gasteiger partial charge in [0.05, 0.1) is 0 Å². The zero-order valence-corrected chi connectivity index (χ0v) is 8.65. The summed E-state index contributed by atoms with van der Waals surface area (Å²) < 4.78 is 0. The zero-order chi connectivity index (χ0) is 11.8. The van der Waals surface area contributed by atoms with Crippen LogP contribution in [0.15, 0.2) is 12.7 Å². The van der Waals surface area contributed by atoms with Crippen molar-refractivity contribution >= 4 is 11.9 Å². The van der Waals surface area contributed by atoms with E-state index in [1.54, 1.807) is 11.0 Å². The van der Waals surface area contributed by atoms with Crippen LogP contribution in [0, 0.1) is 5.41 Å². The Labute approximate surface area is 89.0 Å². The number of rotatable bonds is 7. The van der Waals surface area contributed by atoms with Crippen molar-refractivity contribution in [2.24, 2.45) is 11.5 Å². The number of carbonyl (C=O) groups is 1. The lowest BCUT2D eigenvalue weighted by Crippen LogP contribution is -2.38. The largest absolute Gasteiger partial charge is 0.480 e. The number of hydrogen-bond acceptors (Lipinski definition) is 3. The van der Waals surface area contributed by atoms with Gasteiger partial charge in [-0.05, 0) is 12.8 Å². The van der Waals surface area contributed by atoms with Gasteiger partial charge >= 0.3 is 5.97 Å². The number of nitrogens with two attached hydrogens (primary N) is 2. The van der Waals surface area contributed by atoms with Crippen molar-refractivity contribution in [3.05, 3.63) is 12.7 Å².